The zero-order chi connectivity index (χ0) is 34.4. The van der Waals surface area contributed by atoms with E-state index in [1.165, 1.54) is 0 Å². The third-order valence-corrected chi connectivity index (χ3v) is 9.75. The van der Waals surface area contributed by atoms with Crippen molar-refractivity contribution < 1.29 is 9.15 Å². The summed E-state index contributed by atoms with van der Waals surface area (Å²) in [5.41, 5.74) is 12.5. The molecule has 10 rings (SSSR count). The van der Waals surface area contributed by atoms with E-state index in [1.54, 1.807) is 0 Å². The molecular weight excluding hydrogens is 637 g/mol. The lowest BCUT2D eigenvalue weighted by Crippen LogP contribution is -1.97. The van der Waals surface area contributed by atoms with Gasteiger partial charge in [-0.15, -0.1) is 0 Å². The summed E-state index contributed by atoms with van der Waals surface area (Å²) in [6.07, 6.45) is 4.39. The maximum atomic E-state index is 7.02. The number of nitrogens with zero attached hydrogens (tertiary/aromatic N) is 2. The van der Waals surface area contributed by atoms with Crippen molar-refractivity contribution in [1.82, 2.24) is 9.97 Å². The standard InChI is InChI=1S/C48H30N2O2/c1-3-14-33(15-4-1)42-30-43(50-48(49-42)34-16-5-2-6-17-34)35-26-25-32-24-23-31-13-7-8-18-36(31)37-19-9-11-21-44(37)51-47-28-40-38-20-10-12-22-45(38)52-46(40)29-41(47)39(32)27-35/h1-30H/b24-23-. The Labute approximate surface area is 301 Å². The van der Waals surface area contributed by atoms with Crippen LogP contribution in [0.15, 0.2) is 174 Å². The Bertz CT molecular complexity index is 2760. The second-order valence-corrected chi connectivity index (χ2v) is 13.0. The van der Waals surface area contributed by atoms with Crippen LogP contribution in [-0.4, -0.2) is 9.97 Å². The molecule has 244 valence electrons. The zero-order valence-corrected chi connectivity index (χ0v) is 28.0. The number of furan rings is 1. The molecule has 0 spiro atoms. The lowest BCUT2D eigenvalue weighted by atomic mass is 9.93. The van der Waals surface area contributed by atoms with Crippen molar-refractivity contribution in [3.63, 3.8) is 0 Å². The third kappa shape index (κ3) is 5.26. The Hall–Kier alpha value is -7.04. The molecule has 1 aliphatic heterocycles. The van der Waals surface area contributed by atoms with Crippen molar-refractivity contribution in [2.24, 2.45) is 0 Å². The van der Waals surface area contributed by atoms with Crippen LogP contribution in [-0.2, 0) is 0 Å². The molecule has 4 nitrogen and oxygen atoms in total. The molecule has 4 heteroatoms. The Kier molecular flexibility index (Phi) is 7.10. The van der Waals surface area contributed by atoms with Crippen LogP contribution >= 0.6 is 0 Å². The quantitative estimate of drug-likeness (QED) is 0.188. The van der Waals surface area contributed by atoms with E-state index in [0.29, 0.717) is 5.82 Å². The molecule has 0 atom stereocenters. The van der Waals surface area contributed by atoms with E-state index in [0.717, 1.165) is 94.9 Å². The number of hydrogen-bond donors (Lipinski definition) is 0. The van der Waals surface area contributed by atoms with Gasteiger partial charge in [0, 0.05) is 38.6 Å². The summed E-state index contributed by atoms with van der Waals surface area (Å²) in [7, 11) is 0. The highest BCUT2D eigenvalue weighted by Crippen LogP contribution is 2.45. The number of para-hydroxylation sites is 2. The van der Waals surface area contributed by atoms with Crippen LogP contribution in [0.2, 0.25) is 0 Å². The first-order valence-electron chi connectivity index (χ1n) is 17.4. The fourth-order valence-corrected chi connectivity index (χ4v) is 7.17. The van der Waals surface area contributed by atoms with Gasteiger partial charge >= 0.3 is 0 Å². The second kappa shape index (κ2) is 12.4. The molecule has 0 radical (unpaired) electrons. The van der Waals surface area contributed by atoms with Gasteiger partial charge in [0.25, 0.3) is 0 Å². The van der Waals surface area contributed by atoms with Crippen molar-refractivity contribution in [1.29, 1.82) is 0 Å². The highest BCUT2D eigenvalue weighted by Gasteiger charge is 2.21. The summed E-state index contributed by atoms with van der Waals surface area (Å²) in [5, 5.41) is 2.06. The molecule has 0 aliphatic carbocycles. The maximum Gasteiger partial charge on any atom is 0.160 e. The third-order valence-electron chi connectivity index (χ3n) is 9.75. The molecule has 0 N–H and O–H groups in total. The summed E-state index contributed by atoms with van der Waals surface area (Å²) in [5.74, 6) is 2.21. The highest BCUT2D eigenvalue weighted by atomic mass is 16.5. The molecule has 0 bridgehead atoms. The van der Waals surface area contributed by atoms with Crippen LogP contribution in [0.25, 0.3) is 90.2 Å². The van der Waals surface area contributed by atoms with Crippen molar-refractivity contribution in [2.75, 3.05) is 0 Å². The minimum Gasteiger partial charge on any atom is -0.456 e. The molecule has 0 unspecified atom stereocenters. The molecule has 9 aromatic rings. The Morgan fingerprint density at radius 3 is 1.85 bits per heavy atom. The van der Waals surface area contributed by atoms with E-state index in [-0.39, 0.29) is 0 Å². The maximum absolute atomic E-state index is 7.02. The van der Waals surface area contributed by atoms with Gasteiger partial charge in [-0.2, -0.15) is 0 Å². The van der Waals surface area contributed by atoms with Crippen LogP contribution < -0.4 is 4.74 Å². The van der Waals surface area contributed by atoms with E-state index in [1.807, 2.05) is 66.7 Å². The van der Waals surface area contributed by atoms with Gasteiger partial charge in [0.2, 0.25) is 0 Å². The van der Waals surface area contributed by atoms with E-state index in [4.69, 9.17) is 19.1 Å². The highest BCUT2D eigenvalue weighted by molar-refractivity contribution is 6.07. The normalized spacial score (nSPS) is 12.5. The molecule has 2 aromatic heterocycles. The van der Waals surface area contributed by atoms with Crippen molar-refractivity contribution >= 4 is 34.1 Å². The first-order valence-corrected chi connectivity index (χ1v) is 17.4. The Morgan fingerprint density at radius 1 is 0.365 bits per heavy atom. The van der Waals surface area contributed by atoms with E-state index in [2.05, 4.69) is 115 Å². The lowest BCUT2D eigenvalue weighted by Gasteiger charge is -2.17. The van der Waals surface area contributed by atoms with Gasteiger partial charge in [0.05, 0.1) is 11.4 Å². The minimum atomic E-state index is 0.675. The van der Waals surface area contributed by atoms with E-state index >= 15 is 0 Å². The fourth-order valence-electron chi connectivity index (χ4n) is 7.17. The smallest absolute Gasteiger partial charge is 0.160 e. The number of rotatable bonds is 3. The summed E-state index contributed by atoms with van der Waals surface area (Å²) in [4.78, 5) is 10.2. The number of benzene rings is 7. The zero-order valence-electron chi connectivity index (χ0n) is 28.0. The van der Waals surface area contributed by atoms with Crippen LogP contribution in [0.4, 0.5) is 0 Å². The van der Waals surface area contributed by atoms with Gasteiger partial charge in [0.1, 0.15) is 22.7 Å². The average Bonchev–Trinajstić information content (AvgIpc) is 3.57. The van der Waals surface area contributed by atoms with Gasteiger partial charge in [-0.25, -0.2) is 9.97 Å². The first-order chi connectivity index (χ1) is 25.7. The van der Waals surface area contributed by atoms with Crippen LogP contribution in [0.5, 0.6) is 11.5 Å². The number of ether oxygens (including phenoxy) is 1. The number of aromatic nitrogens is 2. The molecule has 52 heavy (non-hydrogen) atoms. The molecular formula is C48H30N2O2. The molecule has 1 aliphatic rings. The van der Waals surface area contributed by atoms with Crippen LogP contribution in [0, 0.1) is 0 Å². The second-order valence-electron chi connectivity index (χ2n) is 13.0. The minimum absolute atomic E-state index is 0.675. The Balaban J connectivity index is 1.24. The van der Waals surface area contributed by atoms with E-state index < -0.39 is 0 Å². The van der Waals surface area contributed by atoms with Gasteiger partial charge in [-0.05, 0) is 58.7 Å². The van der Waals surface area contributed by atoms with Crippen molar-refractivity contribution in [3.05, 3.63) is 181 Å². The predicted octanol–water partition coefficient (Wildman–Crippen LogP) is 13.0. The van der Waals surface area contributed by atoms with Crippen molar-refractivity contribution in [3.8, 4) is 67.7 Å². The Morgan fingerprint density at radius 2 is 1.02 bits per heavy atom. The fraction of sp³-hybridized carbons (Fsp3) is 0. The number of hydrogen-bond acceptors (Lipinski definition) is 4. The first kappa shape index (κ1) is 29.8. The van der Waals surface area contributed by atoms with Crippen LogP contribution in [0.1, 0.15) is 11.1 Å². The van der Waals surface area contributed by atoms with Gasteiger partial charge in [0.15, 0.2) is 5.82 Å². The monoisotopic (exact) mass is 666 g/mol. The van der Waals surface area contributed by atoms with E-state index in [9.17, 15) is 0 Å². The molecule has 0 saturated heterocycles. The van der Waals surface area contributed by atoms with Crippen LogP contribution in [0.3, 0.4) is 0 Å². The average molecular weight is 667 g/mol. The van der Waals surface area contributed by atoms with Gasteiger partial charge in [-0.1, -0.05) is 146 Å². The SMILES string of the molecule is C1=C\c2ccc(-c3cc(-c4ccccc4)nc(-c4ccccc4)n3)cc2-c2cc3oc4ccccc4c3cc2Oc2ccccc2-c2ccccc2/1. The summed E-state index contributed by atoms with van der Waals surface area (Å²) in [6.45, 7) is 0. The topological polar surface area (TPSA) is 48.2 Å². The van der Waals surface area contributed by atoms with Gasteiger partial charge < -0.3 is 9.15 Å². The molecule has 0 amide bonds. The molecule has 0 saturated carbocycles. The summed E-state index contributed by atoms with van der Waals surface area (Å²) < 4.78 is 13.5. The molecule has 0 fully saturated rings. The largest absolute Gasteiger partial charge is 0.456 e. The summed E-state index contributed by atoms with van der Waals surface area (Å²) in [6, 6.07) is 58.2. The van der Waals surface area contributed by atoms with Gasteiger partial charge in [-0.3, -0.25) is 0 Å². The number of fused-ring (bicyclic) bond motifs is 9. The van der Waals surface area contributed by atoms with Crippen molar-refractivity contribution in [2.45, 2.75) is 0 Å². The predicted molar refractivity (Wildman–Crippen MR) is 212 cm³/mol. The lowest BCUT2D eigenvalue weighted by molar-refractivity contribution is 0.487. The molecule has 3 heterocycles. The summed E-state index contributed by atoms with van der Waals surface area (Å²) >= 11 is 0. The molecule has 7 aromatic carbocycles.